The minimum absolute atomic E-state index is 0.121. The molecule has 2 rings (SSSR count). The molecule has 0 spiro atoms. The molecule has 0 unspecified atom stereocenters. The number of hydrogen-bond donors (Lipinski definition) is 0. The van der Waals surface area contributed by atoms with Gasteiger partial charge in [0.05, 0.1) is 0 Å². The van der Waals surface area contributed by atoms with Crippen LogP contribution < -0.4 is 0 Å². The highest BCUT2D eigenvalue weighted by Gasteiger charge is 2.26. The zero-order valence-electron chi connectivity index (χ0n) is 12.9. The molecule has 1 nitrogen and oxygen atoms in total. The number of carbonyl (C=O) groups excluding carboxylic acids is 1. The molecule has 0 atom stereocenters. The van der Waals surface area contributed by atoms with Crippen molar-refractivity contribution in [2.45, 2.75) is 34.6 Å². The Morgan fingerprint density at radius 1 is 1.05 bits per heavy atom. The molecule has 20 heavy (non-hydrogen) atoms. The van der Waals surface area contributed by atoms with Crippen molar-refractivity contribution >= 4 is 11.9 Å². The van der Waals surface area contributed by atoms with E-state index < -0.39 is 0 Å². The van der Waals surface area contributed by atoms with E-state index in [0.717, 1.165) is 16.7 Å². The van der Waals surface area contributed by atoms with Gasteiger partial charge in [-0.15, -0.1) is 0 Å². The fraction of sp³-hybridized carbons (Fsp3) is 0.316. The summed E-state index contributed by atoms with van der Waals surface area (Å²) in [6, 6.07) is 6.28. The van der Waals surface area contributed by atoms with Crippen molar-refractivity contribution in [3.8, 4) is 0 Å². The number of hydrogen-bond acceptors (Lipinski definition) is 1. The Kier molecular flexibility index (Phi) is 3.80. The van der Waals surface area contributed by atoms with Crippen LogP contribution in [0.4, 0.5) is 0 Å². The number of allylic oxidation sites excluding steroid dienone is 5. The van der Waals surface area contributed by atoms with E-state index in [4.69, 9.17) is 0 Å². The van der Waals surface area contributed by atoms with Crippen molar-refractivity contribution in [2.75, 3.05) is 0 Å². The van der Waals surface area contributed by atoms with E-state index in [2.05, 4.69) is 52.8 Å². The van der Waals surface area contributed by atoms with Crippen LogP contribution in [0.2, 0.25) is 0 Å². The molecular weight excluding hydrogens is 244 g/mol. The summed E-state index contributed by atoms with van der Waals surface area (Å²) in [6.07, 6.45) is 7.77. The highest BCUT2D eigenvalue weighted by molar-refractivity contribution is 6.14. The van der Waals surface area contributed by atoms with Gasteiger partial charge in [-0.1, -0.05) is 57.2 Å². The Labute approximate surface area is 121 Å². The van der Waals surface area contributed by atoms with E-state index >= 15 is 0 Å². The van der Waals surface area contributed by atoms with E-state index in [1.165, 1.54) is 11.1 Å². The summed E-state index contributed by atoms with van der Waals surface area (Å²) < 4.78 is 0. The zero-order valence-corrected chi connectivity index (χ0v) is 12.9. The molecule has 0 amide bonds. The molecule has 0 bridgehead atoms. The van der Waals surface area contributed by atoms with Crippen LogP contribution in [0.5, 0.6) is 0 Å². The lowest BCUT2D eigenvalue weighted by atomic mass is 9.79. The average molecular weight is 266 g/mol. The molecular formula is C19H22O. The quantitative estimate of drug-likeness (QED) is 0.667. The van der Waals surface area contributed by atoms with E-state index in [1.54, 1.807) is 0 Å². The average Bonchev–Trinajstić information content (AvgIpc) is 2.35. The van der Waals surface area contributed by atoms with Gasteiger partial charge < -0.3 is 0 Å². The molecule has 0 radical (unpaired) electrons. The third-order valence-corrected chi connectivity index (χ3v) is 3.71. The molecule has 104 valence electrons. The number of rotatable bonds is 1. The van der Waals surface area contributed by atoms with Gasteiger partial charge in [-0.25, -0.2) is 0 Å². The normalized spacial score (nSPS) is 17.6. The lowest BCUT2D eigenvalue weighted by Crippen LogP contribution is -2.20. The van der Waals surface area contributed by atoms with Crippen LogP contribution in [0.15, 0.2) is 47.6 Å². The summed E-state index contributed by atoms with van der Waals surface area (Å²) in [5.74, 6) is 0.137. The minimum Gasteiger partial charge on any atom is -0.289 e. The number of carbonyl (C=O) groups is 1. The van der Waals surface area contributed by atoms with Crippen molar-refractivity contribution in [1.82, 2.24) is 0 Å². The lowest BCUT2D eigenvalue weighted by Gasteiger charge is -2.23. The van der Waals surface area contributed by atoms with Gasteiger partial charge in [0.15, 0.2) is 5.78 Å². The van der Waals surface area contributed by atoms with E-state index in [9.17, 15) is 4.79 Å². The maximum atomic E-state index is 12.5. The topological polar surface area (TPSA) is 17.1 Å². The van der Waals surface area contributed by atoms with Crippen LogP contribution in [-0.4, -0.2) is 5.78 Å². The van der Waals surface area contributed by atoms with Gasteiger partial charge in [0.25, 0.3) is 0 Å². The Morgan fingerprint density at radius 2 is 1.75 bits per heavy atom. The van der Waals surface area contributed by atoms with Crippen molar-refractivity contribution in [1.29, 1.82) is 0 Å². The van der Waals surface area contributed by atoms with E-state index in [0.29, 0.717) is 0 Å². The first-order valence-corrected chi connectivity index (χ1v) is 7.01. The first-order chi connectivity index (χ1) is 9.29. The van der Waals surface area contributed by atoms with Crippen molar-refractivity contribution < 1.29 is 4.79 Å². The molecule has 0 heterocycles. The van der Waals surface area contributed by atoms with Crippen LogP contribution in [0.3, 0.4) is 0 Å². The first kappa shape index (κ1) is 14.5. The van der Waals surface area contributed by atoms with Crippen molar-refractivity contribution in [3.05, 3.63) is 64.3 Å². The van der Waals surface area contributed by atoms with Crippen LogP contribution in [0.25, 0.3) is 6.08 Å². The molecule has 1 aliphatic carbocycles. The molecule has 0 saturated heterocycles. The van der Waals surface area contributed by atoms with Crippen molar-refractivity contribution in [2.24, 2.45) is 5.41 Å². The summed E-state index contributed by atoms with van der Waals surface area (Å²) in [5.41, 5.74) is 5.11. The van der Waals surface area contributed by atoms with Gasteiger partial charge in [0.1, 0.15) is 0 Å². The maximum absolute atomic E-state index is 12.5. The van der Waals surface area contributed by atoms with Gasteiger partial charge in [0.2, 0.25) is 0 Å². The van der Waals surface area contributed by atoms with Gasteiger partial charge in [-0.05, 0) is 42.0 Å². The third kappa shape index (κ3) is 2.98. The molecule has 0 N–H and O–H groups in total. The Bertz CT molecular complexity index is 634. The molecule has 0 aliphatic heterocycles. The molecule has 0 fully saturated rings. The van der Waals surface area contributed by atoms with Crippen LogP contribution in [0, 0.1) is 19.3 Å². The fourth-order valence-electron chi connectivity index (χ4n) is 2.29. The SMILES string of the molecule is Cc1ccc(C=C2C=CC=C(C(C)(C)C)C2=O)cc1C. The summed E-state index contributed by atoms with van der Waals surface area (Å²) in [4.78, 5) is 12.5. The lowest BCUT2D eigenvalue weighted by molar-refractivity contribution is -0.112. The number of benzene rings is 1. The second-order valence-electron chi connectivity index (χ2n) is 6.46. The summed E-state index contributed by atoms with van der Waals surface area (Å²) >= 11 is 0. The van der Waals surface area contributed by atoms with E-state index in [1.807, 2.05) is 24.3 Å². The summed E-state index contributed by atoms with van der Waals surface area (Å²) in [6.45, 7) is 10.4. The van der Waals surface area contributed by atoms with Gasteiger partial charge in [-0.3, -0.25) is 4.79 Å². The second-order valence-corrected chi connectivity index (χ2v) is 6.46. The Balaban J connectivity index is 2.37. The van der Waals surface area contributed by atoms with Gasteiger partial charge >= 0.3 is 0 Å². The first-order valence-electron chi connectivity index (χ1n) is 7.01. The van der Waals surface area contributed by atoms with Crippen molar-refractivity contribution in [3.63, 3.8) is 0 Å². The predicted molar refractivity (Wildman–Crippen MR) is 85.6 cm³/mol. The molecule has 1 aromatic carbocycles. The highest BCUT2D eigenvalue weighted by Crippen LogP contribution is 2.31. The van der Waals surface area contributed by atoms with Crippen LogP contribution in [-0.2, 0) is 4.79 Å². The largest absolute Gasteiger partial charge is 0.289 e. The standard InChI is InChI=1S/C19H22O/c1-13-9-10-15(11-14(13)2)12-16-7-6-8-17(18(16)20)19(3,4)5/h6-12H,1-5H3. The smallest absolute Gasteiger partial charge is 0.189 e. The molecule has 0 aromatic heterocycles. The van der Waals surface area contributed by atoms with E-state index in [-0.39, 0.29) is 11.2 Å². The zero-order chi connectivity index (χ0) is 14.9. The maximum Gasteiger partial charge on any atom is 0.189 e. The number of Topliss-reactive ketones (excluding diaryl/α,β-unsaturated/α-hetero) is 1. The number of ketones is 1. The van der Waals surface area contributed by atoms with Gasteiger partial charge in [-0.2, -0.15) is 0 Å². The monoisotopic (exact) mass is 266 g/mol. The van der Waals surface area contributed by atoms with Gasteiger partial charge in [0, 0.05) is 11.1 Å². The number of aryl methyl sites for hydroxylation is 2. The molecule has 1 aliphatic rings. The minimum atomic E-state index is -0.121. The third-order valence-electron chi connectivity index (χ3n) is 3.71. The Morgan fingerprint density at radius 3 is 2.35 bits per heavy atom. The second kappa shape index (κ2) is 5.24. The summed E-state index contributed by atoms with van der Waals surface area (Å²) in [7, 11) is 0. The molecule has 1 aromatic rings. The molecule has 1 heteroatoms. The fourth-order valence-corrected chi connectivity index (χ4v) is 2.29. The Hall–Kier alpha value is -1.89. The highest BCUT2D eigenvalue weighted by atomic mass is 16.1. The molecule has 0 saturated carbocycles. The van der Waals surface area contributed by atoms with Crippen LogP contribution in [0.1, 0.15) is 37.5 Å². The predicted octanol–water partition coefficient (Wildman–Crippen LogP) is 4.80. The van der Waals surface area contributed by atoms with Crippen LogP contribution >= 0.6 is 0 Å². The summed E-state index contributed by atoms with van der Waals surface area (Å²) in [5, 5.41) is 0.